The SMILES string of the molecule is CCNC(=NCCS(=O)(=O)CC)NCCOc1ccc(C)cc1.I. The highest BCUT2D eigenvalue weighted by Crippen LogP contribution is 2.10. The van der Waals surface area contributed by atoms with E-state index in [1.54, 1.807) is 6.92 Å². The van der Waals surface area contributed by atoms with Gasteiger partial charge in [0.2, 0.25) is 0 Å². The van der Waals surface area contributed by atoms with Crippen molar-refractivity contribution in [2.75, 3.05) is 37.7 Å². The quantitative estimate of drug-likeness (QED) is 0.250. The predicted molar refractivity (Wildman–Crippen MR) is 110 cm³/mol. The molecule has 1 aromatic carbocycles. The molecule has 0 heterocycles. The van der Waals surface area contributed by atoms with E-state index in [2.05, 4.69) is 15.6 Å². The summed E-state index contributed by atoms with van der Waals surface area (Å²) in [6.45, 7) is 7.69. The standard InChI is InChI=1S/C16H27N3O3S.HI/c1-4-17-16(19-11-13-23(20,21)5-2)18-10-12-22-15-8-6-14(3)7-9-15;/h6-9H,4-5,10-13H2,1-3H3,(H2,17,18,19);1H. The van der Waals surface area contributed by atoms with E-state index < -0.39 is 9.84 Å². The van der Waals surface area contributed by atoms with Crippen LogP contribution in [-0.4, -0.2) is 52.1 Å². The van der Waals surface area contributed by atoms with Crippen molar-refractivity contribution >= 4 is 39.8 Å². The van der Waals surface area contributed by atoms with E-state index >= 15 is 0 Å². The molecule has 0 amide bonds. The van der Waals surface area contributed by atoms with Crippen LogP contribution < -0.4 is 15.4 Å². The maximum Gasteiger partial charge on any atom is 0.191 e. The van der Waals surface area contributed by atoms with Gasteiger partial charge < -0.3 is 15.4 Å². The Kier molecular flexibility index (Phi) is 11.8. The van der Waals surface area contributed by atoms with Crippen LogP contribution in [0, 0.1) is 6.92 Å². The lowest BCUT2D eigenvalue weighted by Crippen LogP contribution is -2.39. The lowest BCUT2D eigenvalue weighted by molar-refractivity contribution is 0.322. The first-order valence-corrected chi connectivity index (χ1v) is 9.71. The molecule has 1 aromatic rings. The first kappa shape index (κ1) is 23.0. The molecular formula is C16H28IN3O3S. The highest BCUT2D eigenvalue weighted by atomic mass is 127. The smallest absolute Gasteiger partial charge is 0.191 e. The van der Waals surface area contributed by atoms with E-state index in [0.717, 1.165) is 5.75 Å². The monoisotopic (exact) mass is 469 g/mol. The molecule has 0 radical (unpaired) electrons. The van der Waals surface area contributed by atoms with Gasteiger partial charge in [-0.3, -0.25) is 4.99 Å². The van der Waals surface area contributed by atoms with Crippen molar-refractivity contribution < 1.29 is 13.2 Å². The number of guanidine groups is 1. The Labute approximate surface area is 162 Å². The molecule has 6 nitrogen and oxygen atoms in total. The van der Waals surface area contributed by atoms with Gasteiger partial charge in [0.05, 0.1) is 18.8 Å². The summed E-state index contributed by atoms with van der Waals surface area (Å²) in [7, 11) is -2.98. The number of nitrogens with zero attached hydrogens (tertiary/aromatic N) is 1. The summed E-state index contributed by atoms with van der Waals surface area (Å²) < 4.78 is 28.5. The fourth-order valence-electron chi connectivity index (χ4n) is 1.76. The van der Waals surface area contributed by atoms with Crippen LogP contribution in [0.2, 0.25) is 0 Å². The average Bonchev–Trinajstić information content (AvgIpc) is 2.53. The molecule has 1 rings (SSSR count). The summed E-state index contributed by atoms with van der Waals surface area (Å²) in [4.78, 5) is 4.26. The number of aliphatic imine (C=N–C) groups is 1. The molecule has 2 N–H and O–H groups in total. The van der Waals surface area contributed by atoms with Gasteiger partial charge in [-0.05, 0) is 26.0 Å². The molecule has 0 aromatic heterocycles. The van der Waals surface area contributed by atoms with Crippen molar-refractivity contribution in [2.45, 2.75) is 20.8 Å². The van der Waals surface area contributed by atoms with Crippen molar-refractivity contribution in [1.82, 2.24) is 10.6 Å². The van der Waals surface area contributed by atoms with Crippen LogP contribution in [0.15, 0.2) is 29.3 Å². The van der Waals surface area contributed by atoms with Gasteiger partial charge in [-0.25, -0.2) is 8.42 Å². The molecule has 0 bridgehead atoms. The van der Waals surface area contributed by atoms with Gasteiger partial charge in [-0.15, -0.1) is 24.0 Å². The highest BCUT2D eigenvalue weighted by molar-refractivity contribution is 14.0. The second-order valence-corrected chi connectivity index (χ2v) is 7.56. The molecule has 0 unspecified atom stereocenters. The Morgan fingerprint density at radius 1 is 1.17 bits per heavy atom. The Morgan fingerprint density at radius 2 is 1.83 bits per heavy atom. The first-order valence-electron chi connectivity index (χ1n) is 7.89. The zero-order valence-electron chi connectivity index (χ0n) is 14.5. The molecule has 0 spiro atoms. The molecule has 24 heavy (non-hydrogen) atoms. The van der Waals surface area contributed by atoms with Crippen molar-refractivity contribution in [3.8, 4) is 5.75 Å². The van der Waals surface area contributed by atoms with Gasteiger partial charge in [-0.1, -0.05) is 24.6 Å². The van der Waals surface area contributed by atoms with Crippen LogP contribution in [0.5, 0.6) is 5.75 Å². The second kappa shape index (κ2) is 12.3. The summed E-state index contributed by atoms with van der Waals surface area (Å²) in [5, 5.41) is 6.21. The number of sulfone groups is 1. The molecule has 0 saturated heterocycles. The van der Waals surface area contributed by atoms with Crippen LogP contribution in [0.3, 0.4) is 0 Å². The Hall–Kier alpha value is -1.03. The van der Waals surface area contributed by atoms with Crippen molar-refractivity contribution in [2.24, 2.45) is 4.99 Å². The molecule has 0 aliphatic rings. The first-order chi connectivity index (χ1) is 11.0. The molecule has 0 saturated carbocycles. The average molecular weight is 469 g/mol. The zero-order chi connectivity index (χ0) is 17.1. The third-order valence-corrected chi connectivity index (χ3v) is 4.82. The van der Waals surface area contributed by atoms with E-state index in [9.17, 15) is 8.42 Å². The third-order valence-electron chi connectivity index (χ3n) is 3.14. The van der Waals surface area contributed by atoms with E-state index in [1.807, 2.05) is 38.1 Å². The lowest BCUT2D eigenvalue weighted by Gasteiger charge is -2.12. The number of nitrogens with one attached hydrogen (secondary N) is 2. The predicted octanol–water partition coefficient (Wildman–Crippen LogP) is 1.98. The van der Waals surface area contributed by atoms with Gasteiger partial charge >= 0.3 is 0 Å². The van der Waals surface area contributed by atoms with Crippen molar-refractivity contribution in [3.05, 3.63) is 29.8 Å². The Balaban J connectivity index is 0.00000529. The zero-order valence-corrected chi connectivity index (χ0v) is 17.7. The minimum absolute atomic E-state index is 0. The molecule has 0 atom stereocenters. The molecule has 0 aliphatic heterocycles. The normalized spacial score (nSPS) is 11.5. The van der Waals surface area contributed by atoms with Crippen LogP contribution in [0.1, 0.15) is 19.4 Å². The van der Waals surface area contributed by atoms with Crippen LogP contribution in [0.25, 0.3) is 0 Å². The maximum absolute atomic E-state index is 11.4. The van der Waals surface area contributed by atoms with E-state index in [1.165, 1.54) is 5.56 Å². The lowest BCUT2D eigenvalue weighted by atomic mass is 10.2. The Bertz CT molecular complexity index is 589. The molecule has 0 fully saturated rings. The van der Waals surface area contributed by atoms with E-state index in [0.29, 0.717) is 25.7 Å². The van der Waals surface area contributed by atoms with Crippen LogP contribution in [-0.2, 0) is 9.84 Å². The summed E-state index contributed by atoms with van der Waals surface area (Å²) >= 11 is 0. The van der Waals surface area contributed by atoms with E-state index in [4.69, 9.17) is 4.74 Å². The number of halogens is 1. The van der Waals surface area contributed by atoms with Crippen LogP contribution in [0.4, 0.5) is 0 Å². The number of hydrogen-bond acceptors (Lipinski definition) is 4. The van der Waals surface area contributed by atoms with Crippen LogP contribution >= 0.6 is 24.0 Å². The number of aryl methyl sites for hydroxylation is 1. The highest BCUT2D eigenvalue weighted by Gasteiger charge is 2.06. The number of ether oxygens (including phenoxy) is 1. The van der Waals surface area contributed by atoms with Gasteiger partial charge in [0, 0.05) is 12.3 Å². The largest absolute Gasteiger partial charge is 0.492 e. The summed E-state index contributed by atoms with van der Waals surface area (Å²) in [6, 6.07) is 7.87. The van der Waals surface area contributed by atoms with Gasteiger partial charge in [0.15, 0.2) is 15.8 Å². The minimum Gasteiger partial charge on any atom is -0.492 e. The van der Waals surface area contributed by atoms with Gasteiger partial charge in [-0.2, -0.15) is 0 Å². The summed E-state index contributed by atoms with van der Waals surface area (Å²) in [5.41, 5.74) is 1.19. The second-order valence-electron chi connectivity index (χ2n) is 5.09. The summed E-state index contributed by atoms with van der Waals surface area (Å²) in [6.07, 6.45) is 0. The molecule has 138 valence electrons. The topological polar surface area (TPSA) is 79.8 Å². The van der Waals surface area contributed by atoms with E-state index in [-0.39, 0.29) is 42.0 Å². The molecular weight excluding hydrogens is 441 g/mol. The Morgan fingerprint density at radius 3 is 2.42 bits per heavy atom. The third kappa shape index (κ3) is 9.96. The van der Waals surface area contributed by atoms with Crippen molar-refractivity contribution in [1.29, 1.82) is 0 Å². The maximum atomic E-state index is 11.4. The molecule has 8 heteroatoms. The molecule has 0 aliphatic carbocycles. The summed E-state index contributed by atoms with van der Waals surface area (Å²) in [5.74, 6) is 1.65. The van der Waals surface area contributed by atoms with Gasteiger partial charge in [0.1, 0.15) is 12.4 Å². The number of hydrogen-bond donors (Lipinski definition) is 2. The fourth-order valence-corrected chi connectivity index (χ4v) is 2.41. The minimum atomic E-state index is -2.98. The number of benzene rings is 1. The fraction of sp³-hybridized carbons (Fsp3) is 0.562. The van der Waals surface area contributed by atoms with Crippen molar-refractivity contribution in [3.63, 3.8) is 0 Å². The number of rotatable bonds is 9. The van der Waals surface area contributed by atoms with Gasteiger partial charge in [0.25, 0.3) is 0 Å².